The molecule has 0 saturated carbocycles. The second-order valence-electron chi connectivity index (χ2n) is 4.15. The van der Waals surface area contributed by atoms with Crippen molar-refractivity contribution in [2.24, 2.45) is 0 Å². The van der Waals surface area contributed by atoms with Crippen LogP contribution >= 0.6 is 11.6 Å². The molecule has 0 saturated heterocycles. The van der Waals surface area contributed by atoms with Gasteiger partial charge in [-0.2, -0.15) is 0 Å². The van der Waals surface area contributed by atoms with E-state index in [1.165, 1.54) is 25.1 Å². The zero-order valence-corrected chi connectivity index (χ0v) is 12.0. The van der Waals surface area contributed by atoms with Crippen molar-refractivity contribution in [1.82, 2.24) is 0 Å². The summed E-state index contributed by atoms with van der Waals surface area (Å²) in [5.74, 6) is -0.885. The molecule has 0 amide bonds. The van der Waals surface area contributed by atoms with Gasteiger partial charge in [0.1, 0.15) is 5.82 Å². The largest absolute Gasteiger partial charge is 0.504 e. The Balaban J connectivity index is 2.44. The highest BCUT2D eigenvalue weighted by Gasteiger charge is 2.19. The van der Waals surface area contributed by atoms with Crippen LogP contribution in [0, 0.1) is 12.7 Å². The minimum atomic E-state index is -3.94. The first kappa shape index (κ1) is 14.6. The van der Waals surface area contributed by atoms with Gasteiger partial charge in [-0.25, -0.2) is 12.8 Å². The van der Waals surface area contributed by atoms with E-state index >= 15 is 0 Å². The number of anilines is 1. The lowest BCUT2D eigenvalue weighted by Crippen LogP contribution is -2.14. The summed E-state index contributed by atoms with van der Waals surface area (Å²) in [6.07, 6.45) is 0. The summed E-state index contributed by atoms with van der Waals surface area (Å²) < 4.78 is 39.6. The fourth-order valence-electron chi connectivity index (χ4n) is 1.71. The third-order valence-corrected chi connectivity index (χ3v) is 4.49. The van der Waals surface area contributed by atoms with Crippen molar-refractivity contribution in [1.29, 1.82) is 0 Å². The molecular formula is C13H11ClFNO3S. The number of halogens is 2. The number of para-hydroxylation sites is 1. The first-order chi connectivity index (χ1) is 9.31. The lowest BCUT2D eigenvalue weighted by atomic mass is 10.2. The van der Waals surface area contributed by atoms with Gasteiger partial charge in [0.05, 0.1) is 15.6 Å². The van der Waals surface area contributed by atoms with E-state index < -0.39 is 15.8 Å². The maximum absolute atomic E-state index is 13.0. The molecule has 0 bridgehead atoms. The molecule has 4 nitrogen and oxygen atoms in total. The molecule has 2 N–H and O–H groups in total. The lowest BCUT2D eigenvalue weighted by molar-refractivity contribution is 0.478. The van der Waals surface area contributed by atoms with Gasteiger partial charge in [-0.3, -0.25) is 4.72 Å². The molecule has 0 aliphatic rings. The van der Waals surface area contributed by atoms with Crippen molar-refractivity contribution in [3.05, 3.63) is 52.8 Å². The Morgan fingerprint density at radius 1 is 1.25 bits per heavy atom. The molecule has 0 aromatic heterocycles. The molecule has 2 aromatic rings. The zero-order valence-electron chi connectivity index (χ0n) is 10.4. The minimum absolute atomic E-state index is 0.0287. The SMILES string of the molecule is Cc1cc(F)ccc1S(=O)(=O)Nc1cccc(Cl)c1O. The van der Waals surface area contributed by atoms with Crippen LogP contribution in [0.2, 0.25) is 5.02 Å². The van der Waals surface area contributed by atoms with Gasteiger partial charge in [-0.15, -0.1) is 0 Å². The third-order valence-electron chi connectivity index (χ3n) is 2.66. The van der Waals surface area contributed by atoms with Crippen molar-refractivity contribution in [3.63, 3.8) is 0 Å². The van der Waals surface area contributed by atoms with Crippen LogP contribution in [0.15, 0.2) is 41.3 Å². The third kappa shape index (κ3) is 2.86. The average molecular weight is 316 g/mol. The number of hydrogen-bond acceptors (Lipinski definition) is 3. The second-order valence-corrected chi connectivity index (χ2v) is 6.21. The number of phenols is 1. The topological polar surface area (TPSA) is 66.4 Å². The van der Waals surface area contributed by atoms with Crippen LogP contribution in [-0.4, -0.2) is 13.5 Å². The zero-order chi connectivity index (χ0) is 14.9. The summed E-state index contributed by atoms with van der Waals surface area (Å²) in [6.45, 7) is 1.48. The Morgan fingerprint density at radius 3 is 2.60 bits per heavy atom. The Bertz CT molecular complexity index is 762. The quantitative estimate of drug-likeness (QED) is 0.854. The number of aromatic hydroxyl groups is 1. The molecule has 0 aliphatic heterocycles. The van der Waals surface area contributed by atoms with E-state index in [4.69, 9.17) is 11.6 Å². The Hall–Kier alpha value is -1.79. The normalized spacial score (nSPS) is 11.3. The van der Waals surface area contributed by atoms with E-state index in [9.17, 15) is 17.9 Å². The van der Waals surface area contributed by atoms with Crippen LogP contribution in [0.3, 0.4) is 0 Å². The van der Waals surface area contributed by atoms with Crippen LogP contribution in [0.5, 0.6) is 5.75 Å². The number of aryl methyl sites for hydroxylation is 1. The van der Waals surface area contributed by atoms with Gasteiger partial charge < -0.3 is 5.11 Å². The van der Waals surface area contributed by atoms with Gasteiger partial charge in [0.25, 0.3) is 10.0 Å². The molecule has 7 heteroatoms. The van der Waals surface area contributed by atoms with Crippen LogP contribution in [0.1, 0.15) is 5.56 Å². The lowest BCUT2D eigenvalue weighted by Gasteiger charge is -2.12. The van der Waals surface area contributed by atoms with Crippen molar-refractivity contribution in [2.75, 3.05) is 4.72 Å². The van der Waals surface area contributed by atoms with Crippen molar-refractivity contribution < 1.29 is 17.9 Å². The van der Waals surface area contributed by atoms with Crippen LogP contribution in [-0.2, 0) is 10.0 Å². The first-order valence-electron chi connectivity index (χ1n) is 5.58. The predicted octanol–water partition coefficient (Wildman–Crippen LogP) is 3.29. The van der Waals surface area contributed by atoms with Crippen LogP contribution < -0.4 is 4.72 Å². The number of benzene rings is 2. The van der Waals surface area contributed by atoms with E-state index in [2.05, 4.69) is 4.72 Å². The molecule has 2 rings (SSSR count). The van der Waals surface area contributed by atoms with E-state index in [1.807, 2.05) is 0 Å². The smallest absolute Gasteiger partial charge is 0.262 e. The fourth-order valence-corrected chi connectivity index (χ4v) is 3.18. The Kier molecular flexibility index (Phi) is 3.87. The van der Waals surface area contributed by atoms with Crippen molar-refractivity contribution in [2.45, 2.75) is 11.8 Å². The molecule has 0 spiro atoms. The number of hydrogen-bond donors (Lipinski definition) is 2. The summed E-state index contributed by atoms with van der Waals surface area (Å²) in [6, 6.07) is 7.63. The summed E-state index contributed by atoms with van der Waals surface area (Å²) >= 11 is 5.71. The molecular weight excluding hydrogens is 305 g/mol. The first-order valence-corrected chi connectivity index (χ1v) is 7.44. The molecule has 0 aliphatic carbocycles. The second kappa shape index (κ2) is 5.30. The maximum atomic E-state index is 13.0. The Morgan fingerprint density at radius 2 is 1.95 bits per heavy atom. The summed E-state index contributed by atoms with van der Waals surface area (Å²) in [4.78, 5) is -0.0710. The molecule has 0 radical (unpaired) electrons. The van der Waals surface area contributed by atoms with Crippen molar-refractivity contribution >= 4 is 27.3 Å². The van der Waals surface area contributed by atoms with Crippen molar-refractivity contribution in [3.8, 4) is 5.75 Å². The van der Waals surface area contributed by atoms with E-state index in [1.54, 1.807) is 0 Å². The monoisotopic (exact) mass is 315 g/mol. The number of nitrogens with one attached hydrogen (secondary N) is 1. The summed E-state index contributed by atoms with van der Waals surface area (Å²) in [5, 5.41) is 9.73. The number of sulfonamides is 1. The van der Waals surface area contributed by atoms with E-state index in [-0.39, 0.29) is 26.9 Å². The van der Waals surface area contributed by atoms with Gasteiger partial charge in [0.15, 0.2) is 5.75 Å². The predicted molar refractivity (Wildman–Crippen MR) is 75.1 cm³/mol. The Labute approximate surface area is 120 Å². The van der Waals surface area contributed by atoms with Gasteiger partial charge >= 0.3 is 0 Å². The van der Waals surface area contributed by atoms with Crippen LogP contribution in [0.4, 0.5) is 10.1 Å². The summed E-state index contributed by atoms with van der Waals surface area (Å²) in [5.41, 5.74) is 0.222. The maximum Gasteiger partial charge on any atom is 0.262 e. The molecule has 106 valence electrons. The van der Waals surface area contributed by atoms with E-state index in [0.717, 1.165) is 18.2 Å². The van der Waals surface area contributed by atoms with Gasteiger partial charge in [-0.1, -0.05) is 17.7 Å². The highest BCUT2D eigenvalue weighted by molar-refractivity contribution is 7.92. The molecule has 20 heavy (non-hydrogen) atoms. The molecule has 0 unspecified atom stereocenters. The van der Waals surface area contributed by atoms with Gasteiger partial charge in [0, 0.05) is 0 Å². The molecule has 0 atom stereocenters. The number of rotatable bonds is 3. The summed E-state index contributed by atoms with van der Waals surface area (Å²) in [7, 11) is -3.94. The van der Waals surface area contributed by atoms with E-state index in [0.29, 0.717) is 0 Å². The van der Waals surface area contributed by atoms with Crippen LogP contribution in [0.25, 0.3) is 0 Å². The fraction of sp³-hybridized carbons (Fsp3) is 0.0769. The highest BCUT2D eigenvalue weighted by atomic mass is 35.5. The highest BCUT2D eigenvalue weighted by Crippen LogP contribution is 2.33. The number of phenolic OH excluding ortho intramolecular Hbond substituents is 1. The molecule has 2 aromatic carbocycles. The molecule has 0 heterocycles. The standard InChI is InChI=1S/C13H11ClFNO3S/c1-8-7-9(15)5-6-12(8)20(18,19)16-11-4-2-3-10(14)13(11)17/h2-7,16-17H,1H3. The minimum Gasteiger partial charge on any atom is -0.504 e. The molecule has 0 fully saturated rings. The van der Waals surface area contributed by atoms with Gasteiger partial charge in [0.2, 0.25) is 0 Å². The average Bonchev–Trinajstić information content (AvgIpc) is 2.34. The van der Waals surface area contributed by atoms with Gasteiger partial charge in [-0.05, 0) is 42.8 Å².